The molecule has 1 saturated heterocycles. The van der Waals surface area contributed by atoms with Crippen molar-refractivity contribution in [3.8, 4) is 0 Å². The van der Waals surface area contributed by atoms with Gasteiger partial charge in [-0.1, -0.05) is 12.8 Å². The van der Waals surface area contributed by atoms with Crippen LogP contribution in [-0.4, -0.2) is 29.5 Å². The second-order valence-electron chi connectivity index (χ2n) is 4.59. The molecule has 1 aliphatic carbocycles. The highest BCUT2D eigenvalue weighted by molar-refractivity contribution is 7.99. The third-order valence-corrected chi connectivity index (χ3v) is 4.38. The van der Waals surface area contributed by atoms with Crippen LogP contribution in [0.3, 0.4) is 0 Å². The number of hydrazine groups is 1. The van der Waals surface area contributed by atoms with Crippen LogP contribution >= 0.6 is 11.8 Å². The number of nitrogens with zero attached hydrogens (tertiary/aromatic N) is 1. The number of rotatable bonds is 2. The molecule has 0 aromatic heterocycles. The number of hydrogen-bond acceptors (Lipinski definition) is 3. The molecule has 0 aromatic carbocycles. The molecule has 2 fully saturated rings. The molecule has 2 rings (SSSR count). The fourth-order valence-electron chi connectivity index (χ4n) is 2.38. The van der Waals surface area contributed by atoms with Gasteiger partial charge in [-0.05, 0) is 37.2 Å². The third-order valence-electron chi connectivity index (χ3n) is 3.34. The fourth-order valence-corrected chi connectivity index (χ4v) is 3.46. The number of guanidine groups is 1. The molecule has 0 bridgehead atoms. The summed E-state index contributed by atoms with van der Waals surface area (Å²) in [7, 11) is 0. The summed E-state index contributed by atoms with van der Waals surface area (Å²) in [5.74, 6) is 8.78. The van der Waals surface area contributed by atoms with E-state index in [2.05, 4.69) is 15.7 Å². The van der Waals surface area contributed by atoms with Gasteiger partial charge in [0.25, 0.3) is 0 Å². The minimum atomic E-state index is 0.459. The van der Waals surface area contributed by atoms with Crippen molar-refractivity contribution in [2.75, 3.05) is 11.5 Å². The van der Waals surface area contributed by atoms with Crippen molar-refractivity contribution in [1.82, 2.24) is 10.7 Å². The maximum absolute atomic E-state index is 5.52. The highest BCUT2D eigenvalue weighted by Gasteiger charge is 2.17. The molecule has 92 valence electrons. The van der Waals surface area contributed by atoms with Gasteiger partial charge in [0.15, 0.2) is 0 Å². The highest BCUT2D eigenvalue weighted by Crippen LogP contribution is 2.20. The summed E-state index contributed by atoms with van der Waals surface area (Å²) in [6.45, 7) is 0. The first-order valence-electron chi connectivity index (χ1n) is 6.27. The Bertz CT molecular complexity index is 232. The molecule has 0 spiro atoms. The molecule has 4 nitrogen and oxygen atoms in total. The van der Waals surface area contributed by atoms with Gasteiger partial charge in [-0.2, -0.15) is 11.8 Å². The van der Waals surface area contributed by atoms with Crippen molar-refractivity contribution in [1.29, 1.82) is 0 Å². The summed E-state index contributed by atoms with van der Waals surface area (Å²) >= 11 is 2.02. The lowest BCUT2D eigenvalue weighted by atomic mass is 10.2. The minimum absolute atomic E-state index is 0.459. The second kappa shape index (κ2) is 6.35. The quantitative estimate of drug-likeness (QED) is 0.295. The van der Waals surface area contributed by atoms with Crippen molar-refractivity contribution in [2.45, 2.75) is 50.6 Å². The Morgan fingerprint density at radius 1 is 1.12 bits per heavy atom. The molecule has 1 heterocycles. The van der Waals surface area contributed by atoms with Crippen LogP contribution in [0.5, 0.6) is 0 Å². The lowest BCUT2D eigenvalue weighted by Gasteiger charge is -2.21. The molecule has 16 heavy (non-hydrogen) atoms. The average Bonchev–Trinajstić information content (AvgIpc) is 2.82. The molecular formula is C11H22N4S. The third kappa shape index (κ3) is 3.56. The number of thioether (sulfide) groups is 1. The van der Waals surface area contributed by atoms with Gasteiger partial charge >= 0.3 is 0 Å². The SMILES string of the molecule is NNC(=NC1CCSCC1)NC1CCCC1. The van der Waals surface area contributed by atoms with E-state index in [0.717, 1.165) is 5.96 Å². The molecule has 0 atom stereocenters. The van der Waals surface area contributed by atoms with Crippen LogP contribution < -0.4 is 16.6 Å². The van der Waals surface area contributed by atoms with Gasteiger partial charge in [0, 0.05) is 6.04 Å². The minimum Gasteiger partial charge on any atom is -0.353 e. The smallest absolute Gasteiger partial charge is 0.206 e. The monoisotopic (exact) mass is 242 g/mol. The maximum Gasteiger partial charge on any atom is 0.206 e. The van der Waals surface area contributed by atoms with Gasteiger partial charge in [0.1, 0.15) is 0 Å². The van der Waals surface area contributed by atoms with Crippen LogP contribution in [0.15, 0.2) is 4.99 Å². The van der Waals surface area contributed by atoms with Crippen LogP contribution in [0, 0.1) is 0 Å². The zero-order valence-corrected chi connectivity index (χ0v) is 10.6. The lowest BCUT2D eigenvalue weighted by Crippen LogP contribution is -2.46. The largest absolute Gasteiger partial charge is 0.353 e. The van der Waals surface area contributed by atoms with E-state index in [4.69, 9.17) is 5.84 Å². The van der Waals surface area contributed by atoms with E-state index in [-0.39, 0.29) is 0 Å². The summed E-state index contributed by atoms with van der Waals surface area (Å²) in [5.41, 5.74) is 2.71. The van der Waals surface area contributed by atoms with E-state index in [9.17, 15) is 0 Å². The van der Waals surface area contributed by atoms with Gasteiger partial charge in [-0.25, -0.2) is 10.8 Å². The van der Waals surface area contributed by atoms with Crippen molar-refractivity contribution >= 4 is 17.7 Å². The lowest BCUT2D eigenvalue weighted by molar-refractivity contribution is 0.586. The van der Waals surface area contributed by atoms with Gasteiger partial charge in [0.05, 0.1) is 6.04 Å². The average molecular weight is 242 g/mol. The summed E-state index contributed by atoms with van der Waals surface area (Å²) < 4.78 is 0. The summed E-state index contributed by atoms with van der Waals surface area (Å²) in [6, 6.07) is 1.04. The Labute approximate surface area is 102 Å². The van der Waals surface area contributed by atoms with E-state index in [1.54, 1.807) is 0 Å². The van der Waals surface area contributed by atoms with Gasteiger partial charge in [-0.15, -0.1) is 0 Å². The Morgan fingerprint density at radius 3 is 2.44 bits per heavy atom. The Hall–Kier alpha value is -0.420. The molecule has 0 unspecified atom stereocenters. The highest BCUT2D eigenvalue weighted by atomic mass is 32.2. The number of aliphatic imine (C=N–C) groups is 1. The predicted molar refractivity (Wildman–Crippen MR) is 70.5 cm³/mol. The first-order chi connectivity index (χ1) is 7.88. The number of nitrogens with two attached hydrogens (primary N) is 1. The Balaban J connectivity index is 1.84. The summed E-state index contributed by atoms with van der Waals surface area (Å²) in [4.78, 5) is 4.67. The molecule has 2 aliphatic rings. The first-order valence-corrected chi connectivity index (χ1v) is 7.42. The van der Waals surface area contributed by atoms with Crippen LogP contribution in [0.4, 0.5) is 0 Å². The van der Waals surface area contributed by atoms with Gasteiger partial charge < -0.3 is 5.32 Å². The molecule has 1 saturated carbocycles. The zero-order chi connectivity index (χ0) is 11.2. The number of nitrogens with one attached hydrogen (secondary N) is 2. The molecule has 1 aliphatic heterocycles. The van der Waals surface area contributed by atoms with Crippen LogP contribution in [-0.2, 0) is 0 Å². The molecule has 4 N–H and O–H groups in total. The van der Waals surface area contributed by atoms with Crippen LogP contribution in [0.1, 0.15) is 38.5 Å². The summed E-state index contributed by atoms with van der Waals surface area (Å²) in [6.07, 6.45) is 7.53. The fraction of sp³-hybridized carbons (Fsp3) is 0.909. The van der Waals surface area contributed by atoms with Crippen LogP contribution in [0.2, 0.25) is 0 Å². The number of hydrogen-bond donors (Lipinski definition) is 3. The maximum atomic E-state index is 5.52. The van der Waals surface area contributed by atoms with Crippen LogP contribution in [0.25, 0.3) is 0 Å². The van der Waals surface area contributed by atoms with E-state index in [1.807, 2.05) is 11.8 Å². The Morgan fingerprint density at radius 2 is 1.81 bits per heavy atom. The standard InChI is InChI=1S/C11H22N4S/c12-15-11(13-9-3-1-2-4-9)14-10-5-7-16-8-6-10/h9-10H,1-8,12H2,(H2,13,14,15). The molecule has 0 amide bonds. The van der Waals surface area contributed by atoms with E-state index in [0.29, 0.717) is 12.1 Å². The van der Waals surface area contributed by atoms with Crippen molar-refractivity contribution in [3.63, 3.8) is 0 Å². The topological polar surface area (TPSA) is 62.4 Å². The zero-order valence-electron chi connectivity index (χ0n) is 9.74. The second-order valence-corrected chi connectivity index (χ2v) is 5.82. The molecule has 0 radical (unpaired) electrons. The first kappa shape index (κ1) is 12.0. The Kier molecular flexibility index (Phi) is 4.78. The van der Waals surface area contributed by atoms with E-state index in [1.165, 1.54) is 50.0 Å². The van der Waals surface area contributed by atoms with Crippen molar-refractivity contribution in [3.05, 3.63) is 0 Å². The molecular weight excluding hydrogens is 220 g/mol. The van der Waals surface area contributed by atoms with Gasteiger partial charge in [-0.3, -0.25) is 5.43 Å². The molecule has 5 heteroatoms. The van der Waals surface area contributed by atoms with Crippen molar-refractivity contribution < 1.29 is 0 Å². The van der Waals surface area contributed by atoms with Gasteiger partial charge in [0.2, 0.25) is 5.96 Å². The summed E-state index contributed by atoms with van der Waals surface area (Å²) in [5, 5.41) is 3.42. The van der Waals surface area contributed by atoms with Crippen molar-refractivity contribution in [2.24, 2.45) is 10.8 Å². The molecule has 0 aromatic rings. The van der Waals surface area contributed by atoms with E-state index < -0.39 is 0 Å². The predicted octanol–water partition coefficient (Wildman–Crippen LogP) is 1.23. The van der Waals surface area contributed by atoms with E-state index >= 15 is 0 Å². The normalized spacial score (nSPS) is 24.7.